The number of allylic oxidation sites excluding steroid dienone is 1. The van der Waals surface area contributed by atoms with Gasteiger partial charge in [-0.25, -0.2) is 0 Å². The lowest BCUT2D eigenvalue weighted by Gasteiger charge is -2.05. The average Bonchev–Trinajstić information content (AvgIpc) is 2.63. The van der Waals surface area contributed by atoms with Crippen LogP contribution >= 0.6 is 0 Å². The van der Waals surface area contributed by atoms with Gasteiger partial charge in [-0.15, -0.1) is 5.10 Å². The molecule has 0 aliphatic rings. The minimum atomic E-state index is 0.722. The van der Waals surface area contributed by atoms with Crippen LogP contribution in [0, 0.1) is 5.92 Å². The second-order valence-corrected chi connectivity index (χ2v) is 5.00. The van der Waals surface area contributed by atoms with Crippen molar-refractivity contribution in [3.8, 4) is 0 Å². The van der Waals surface area contributed by atoms with E-state index >= 15 is 0 Å². The molecule has 0 atom stereocenters. The van der Waals surface area contributed by atoms with Crippen LogP contribution in [-0.2, 0) is 13.5 Å². The molecule has 0 unspecified atom stereocenters. The first-order valence-electron chi connectivity index (χ1n) is 6.29. The molecule has 0 aliphatic carbocycles. The van der Waals surface area contributed by atoms with Crippen molar-refractivity contribution in [2.45, 2.75) is 33.6 Å². The highest BCUT2D eigenvalue weighted by atomic mass is 15.4. The third-order valence-electron chi connectivity index (χ3n) is 2.48. The van der Waals surface area contributed by atoms with Gasteiger partial charge in [0, 0.05) is 19.7 Å². The average molecular weight is 236 g/mol. The summed E-state index contributed by atoms with van der Waals surface area (Å²) in [4.78, 5) is 0. The summed E-state index contributed by atoms with van der Waals surface area (Å²) >= 11 is 0. The van der Waals surface area contributed by atoms with E-state index in [1.165, 1.54) is 5.57 Å². The summed E-state index contributed by atoms with van der Waals surface area (Å²) < 4.78 is 1.74. The zero-order valence-corrected chi connectivity index (χ0v) is 11.4. The molecule has 0 amide bonds. The Bertz CT molecular complexity index is 352. The fourth-order valence-electron chi connectivity index (χ4n) is 1.65. The summed E-state index contributed by atoms with van der Waals surface area (Å²) in [5.41, 5.74) is 2.40. The number of rotatable bonds is 7. The Balaban J connectivity index is 2.21. The maximum Gasteiger partial charge on any atom is 0.0867 e. The van der Waals surface area contributed by atoms with Gasteiger partial charge in [-0.2, -0.15) is 0 Å². The fourth-order valence-corrected chi connectivity index (χ4v) is 1.65. The normalized spacial score (nSPS) is 12.4. The van der Waals surface area contributed by atoms with Crippen LogP contribution in [0.15, 0.2) is 17.8 Å². The Morgan fingerprint density at radius 2 is 2.29 bits per heavy atom. The predicted molar refractivity (Wildman–Crippen MR) is 70.8 cm³/mol. The monoisotopic (exact) mass is 236 g/mol. The Kier molecular flexibility index (Phi) is 5.91. The number of nitrogens with zero attached hydrogens (tertiary/aromatic N) is 3. The molecule has 1 aromatic rings. The maximum absolute atomic E-state index is 4.08. The van der Waals surface area contributed by atoms with E-state index in [9.17, 15) is 0 Å². The molecule has 4 heteroatoms. The molecule has 1 N–H and O–H groups in total. The van der Waals surface area contributed by atoms with E-state index in [0.29, 0.717) is 0 Å². The van der Waals surface area contributed by atoms with Crippen LogP contribution in [-0.4, -0.2) is 28.1 Å². The zero-order valence-electron chi connectivity index (χ0n) is 11.4. The van der Waals surface area contributed by atoms with Crippen LogP contribution in [0.3, 0.4) is 0 Å². The molecular formula is C13H24N4. The molecule has 0 fully saturated rings. The summed E-state index contributed by atoms with van der Waals surface area (Å²) in [6.45, 7) is 8.74. The number of hydrogen-bond acceptors (Lipinski definition) is 3. The topological polar surface area (TPSA) is 42.7 Å². The van der Waals surface area contributed by atoms with Crippen LogP contribution in [0.5, 0.6) is 0 Å². The number of aromatic nitrogens is 3. The molecule has 1 heterocycles. The highest BCUT2D eigenvalue weighted by molar-refractivity contribution is 5.09. The first-order valence-corrected chi connectivity index (χ1v) is 6.29. The summed E-state index contributed by atoms with van der Waals surface area (Å²) in [5, 5.41) is 11.4. The third kappa shape index (κ3) is 6.22. The van der Waals surface area contributed by atoms with Gasteiger partial charge >= 0.3 is 0 Å². The lowest BCUT2D eigenvalue weighted by Crippen LogP contribution is -2.20. The first-order chi connectivity index (χ1) is 8.08. The second kappa shape index (κ2) is 7.22. The van der Waals surface area contributed by atoms with E-state index in [2.05, 4.69) is 42.5 Å². The van der Waals surface area contributed by atoms with E-state index in [-0.39, 0.29) is 0 Å². The Labute approximate surface area is 104 Å². The molecular weight excluding hydrogens is 212 g/mol. The lowest BCUT2D eigenvalue weighted by atomic mass is 10.1. The molecule has 4 nitrogen and oxygen atoms in total. The van der Waals surface area contributed by atoms with Gasteiger partial charge in [0.2, 0.25) is 0 Å². The van der Waals surface area contributed by atoms with Gasteiger partial charge in [-0.05, 0) is 32.4 Å². The summed E-state index contributed by atoms with van der Waals surface area (Å²) in [7, 11) is 1.89. The van der Waals surface area contributed by atoms with Crippen LogP contribution in [0.1, 0.15) is 32.9 Å². The van der Waals surface area contributed by atoms with Gasteiger partial charge in [0.05, 0.1) is 5.69 Å². The molecule has 0 saturated carbocycles. The molecule has 0 aromatic carbocycles. The van der Waals surface area contributed by atoms with E-state index in [1.54, 1.807) is 4.68 Å². The summed E-state index contributed by atoms with van der Waals surface area (Å²) in [5.74, 6) is 0.722. The molecule has 0 bridgehead atoms. The van der Waals surface area contributed by atoms with Crippen molar-refractivity contribution in [3.63, 3.8) is 0 Å². The molecule has 17 heavy (non-hydrogen) atoms. The lowest BCUT2D eigenvalue weighted by molar-refractivity contribution is 0.556. The molecule has 1 rings (SSSR count). The smallest absolute Gasteiger partial charge is 0.0867 e. The van der Waals surface area contributed by atoms with Crippen LogP contribution in [0.2, 0.25) is 0 Å². The fraction of sp³-hybridized carbons (Fsp3) is 0.692. The van der Waals surface area contributed by atoms with Gasteiger partial charge in [0.15, 0.2) is 0 Å². The first kappa shape index (κ1) is 13.9. The van der Waals surface area contributed by atoms with E-state index in [4.69, 9.17) is 0 Å². The summed E-state index contributed by atoms with van der Waals surface area (Å²) in [6, 6.07) is 0. The van der Waals surface area contributed by atoms with Crippen molar-refractivity contribution in [1.29, 1.82) is 0 Å². The van der Waals surface area contributed by atoms with Crippen LogP contribution in [0.25, 0.3) is 0 Å². The Morgan fingerprint density at radius 3 is 2.88 bits per heavy atom. The maximum atomic E-state index is 4.08. The predicted octanol–water partition coefficient (Wildman–Crippen LogP) is 1.94. The Morgan fingerprint density at radius 1 is 1.53 bits per heavy atom. The van der Waals surface area contributed by atoms with Crippen molar-refractivity contribution in [2.75, 3.05) is 13.1 Å². The van der Waals surface area contributed by atoms with Crippen molar-refractivity contribution in [2.24, 2.45) is 13.0 Å². The molecule has 0 spiro atoms. The van der Waals surface area contributed by atoms with Crippen molar-refractivity contribution in [3.05, 3.63) is 23.5 Å². The second-order valence-electron chi connectivity index (χ2n) is 5.00. The van der Waals surface area contributed by atoms with Gasteiger partial charge in [0.25, 0.3) is 0 Å². The van der Waals surface area contributed by atoms with E-state index in [1.807, 2.05) is 13.2 Å². The van der Waals surface area contributed by atoms with Gasteiger partial charge in [-0.1, -0.05) is 30.7 Å². The molecule has 0 saturated heterocycles. The number of aryl methyl sites for hydroxylation is 1. The molecule has 96 valence electrons. The SMILES string of the molecule is C/C(=C/CCNCC(C)C)Cc1cn(C)nn1. The minimum absolute atomic E-state index is 0.722. The Hall–Kier alpha value is -1.16. The van der Waals surface area contributed by atoms with Crippen molar-refractivity contribution >= 4 is 0 Å². The third-order valence-corrected chi connectivity index (χ3v) is 2.48. The quantitative estimate of drug-likeness (QED) is 0.581. The largest absolute Gasteiger partial charge is 0.316 e. The summed E-state index contributed by atoms with van der Waals surface area (Å²) in [6.07, 6.45) is 6.23. The van der Waals surface area contributed by atoms with Crippen LogP contribution < -0.4 is 5.32 Å². The highest BCUT2D eigenvalue weighted by Crippen LogP contribution is 2.04. The zero-order chi connectivity index (χ0) is 12.7. The van der Waals surface area contributed by atoms with Gasteiger partial charge in [-0.3, -0.25) is 4.68 Å². The van der Waals surface area contributed by atoms with E-state index < -0.39 is 0 Å². The van der Waals surface area contributed by atoms with Gasteiger partial charge < -0.3 is 5.32 Å². The highest BCUT2D eigenvalue weighted by Gasteiger charge is 1.99. The minimum Gasteiger partial charge on any atom is -0.316 e. The van der Waals surface area contributed by atoms with E-state index in [0.717, 1.165) is 37.5 Å². The molecule has 0 aliphatic heterocycles. The number of nitrogens with one attached hydrogen (secondary N) is 1. The molecule has 0 radical (unpaired) electrons. The standard InChI is InChI=1S/C13H24N4/c1-11(2)9-14-7-5-6-12(3)8-13-10-17(4)16-15-13/h6,10-11,14H,5,7-9H2,1-4H3/b12-6-. The van der Waals surface area contributed by atoms with Crippen LogP contribution in [0.4, 0.5) is 0 Å². The molecule has 1 aromatic heterocycles. The number of hydrogen-bond donors (Lipinski definition) is 1. The van der Waals surface area contributed by atoms with Gasteiger partial charge in [0.1, 0.15) is 0 Å². The van der Waals surface area contributed by atoms with Crippen molar-refractivity contribution < 1.29 is 0 Å². The van der Waals surface area contributed by atoms with Crippen molar-refractivity contribution in [1.82, 2.24) is 20.3 Å².